The van der Waals surface area contributed by atoms with Gasteiger partial charge in [0.25, 0.3) is 0 Å². The first-order chi connectivity index (χ1) is 6.15. The van der Waals surface area contributed by atoms with Gasteiger partial charge in [-0.1, -0.05) is 29.8 Å². The van der Waals surface area contributed by atoms with Crippen molar-refractivity contribution in [1.82, 2.24) is 0 Å². The van der Waals surface area contributed by atoms with Crippen LogP contribution in [0.2, 0.25) is 0 Å². The summed E-state index contributed by atoms with van der Waals surface area (Å²) in [7, 11) is 0. The van der Waals surface area contributed by atoms with E-state index >= 15 is 0 Å². The molecule has 1 heteroatoms. The maximum Gasteiger partial charge on any atom is 0.0827 e. The van der Waals surface area contributed by atoms with Gasteiger partial charge in [-0.15, -0.1) is 6.58 Å². The molecule has 1 nitrogen and oxygen atoms in total. The molecule has 1 rings (SSSR count). The SMILES string of the molecule is C=CC[C@H](O)c1cc(C)ccc1C. The van der Waals surface area contributed by atoms with Crippen molar-refractivity contribution >= 4 is 0 Å². The van der Waals surface area contributed by atoms with E-state index in [0.717, 1.165) is 11.1 Å². The molecule has 0 fully saturated rings. The van der Waals surface area contributed by atoms with Gasteiger partial charge in [-0.3, -0.25) is 0 Å². The van der Waals surface area contributed by atoms with Gasteiger partial charge >= 0.3 is 0 Å². The van der Waals surface area contributed by atoms with Crippen LogP contribution < -0.4 is 0 Å². The molecule has 0 amide bonds. The summed E-state index contributed by atoms with van der Waals surface area (Å²) in [6.07, 6.45) is 1.95. The maximum absolute atomic E-state index is 9.75. The van der Waals surface area contributed by atoms with Crippen molar-refractivity contribution in [2.45, 2.75) is 26.4 Å². The fourth-order valence-electron chi connectivity index (χ4n) is 1.40. The minimum absolute atomic E-state index is 0.405. The van der Waals surface area contributed by atoms with Gasteiger partial charge < -0.3 is 5.11 Å². The maximum atomic E-state index is 9.75. The molecular weight excluding hydrogens is 160 g/mol. The van der Waals surface area contributed by atoms with E-state index in [2.05, 4.69) is 12.6 Å². The third-order valence-electron chi connectivity index (χ3n) is 2.18. The summed E-state index contributed by atoms with van der Waals surface area (Å²) in [6.45, 7) is 7.66. The third-order valence-corrected chi connectivity index (χ3v) is 2.18. The van der Waals surface area contributed by atoms with Crippen LogP contribution >= 0.6 is 0 Å². The fourth-order valence-corrected chi connectivity index (χ4v) is 1.40. The zero-order valence-corrected chi connectivity index (χ0v) is 8.25. The summed E-state index contributed by atoms with van der Waals surface area (Å²) >= 11 is 0. The summed E-state index contributed by atoms with van der Waals surface area (Å²) in [5, 5.41) is 9.75. The Morgan fingerprint density at radius 1 is 1.46 bits per heavy atom. The Labute approximate surface area is 79.7 Å². The quantitative estimate of drug-likeness (QED) is 0.702. The highest BCUT2D eigenvalue weighted by Crippen LogP contribution is 2.21. The number of aliphatic hydroxyl groups excluding tert-OH is 1. The highest BCUT2D eigenvalue weighted by molar-refractivity contribution is 5.32. The Morgan fingerprint density at radius 3 is 2.77 bits per heavy atom. The monoisotopic (exact) mass is 176 g/mol. The van der Waals surface area contributed by atoms with Crippen LogP contribution in [-0.4, -0.2) is 5.11 Å². The first kappa shape index (κ1) is 10.0. The Hall–Kier alpha value is -1.08. The zero-order valence-electron chi connectivity index (χ0n) is 8.25. The molecule has 0 bridgehead atoms. The van der Waals surface area contributed by atoms with Crippen molar-refractivity contribution in [3.63, 3.8) is 0 Å². The molecule has 0 aromatic heterocycles. The van der Waals surface area contributed by atoms with Gasteiger partial charge in [-0.25, -0.2) is 0 Å². The first-order valence-corrected chi connectivity index (χ1v) is 4.51. The molecule has 1 N–H and O–H groups in total. The molecule has 0 spiro atoms. The van der Waals surface area contributed by atoms with Gasteiger partial charge in [0, 0.05) is 0 Å². The largest absolute Gasteiger partial charge is 0.388 e. The summed E-state index contributed by atoms with van der Waals surface area (Å²) in [4.78, 5) is 0. The van der Waals surface area contributed by atoms with Crippen LogP contribution in [0.4, 0.5) is 0 Å². The molecule has 0 aliphatic heterocycles. The average Bonchev–Trinajstić information content (AvgIpc) is 2.09. The standard InChI is InChI=1S/C12H16O/c1-4-5-12(13)11-8-9(2)6-7-10(11)3/h4,6-8,12-13H,1,5H2,2-3H3/t12-/m0/s1. The third kappa shape index (κ3) is 2.43. The molecule has 1 aromatic carbocycles. The van der Waals surface area contributed by atoms with Crippen LogP contribution in [0, 0.1) is 13.8 Å². The van der Waals surface area contributed by atoms with Crippen molar-refractivity contribution in [3.8, 4) is 0 Å². The molecule has 0 aliphatic rings. The number of hydrogen-bond acceptors (Lipinski definition) is 1. The fraction of sp³-hybridized carbons (Fsp3) is 0.333. The zero-order chi connectivity index (χ0) is 9.84. The van der Waals surface area contributed by atoms with Crippen molar-refractivity contribution in [2.24, 2.45) is 0 Å². The smallest absolute Gasteiger partial charge is 0.0827 e. The normalized spacial score (nSPS) is 12.5. The van der Waals surface area contributed by atoms with E-state index in [4.69, 9.17) is 0 Å². The second-order valence-corrected chi connectivity index (χ2v) is 3.40. The highest BCUT2D eigenvalue weighted by Gasteiger charge is 2.07. The topological polar surface area (TPSA) is 20.2 Å². The Bertz CT molecular complexity index is 302. The van der Waals surface area contributed by atoms with Crippen LogP contribution in [0.5, 0.6) is 0 Å². The number of aryl methyl sites for hydroxylation is 2. The lowest BCUT2D eigenvalue weighted by atomic mass is 9.99. The molecule has 70 valence electrons. The van der Waals surface area contributed by atoms with Crippen LogP contribution in [0.3, 0.4) is 0 Å². The molecule has 0 heterocycles. The minimum atomic E-state index is -0.405. The van der Waals surface area contributed by atoms with Crippen LogP contribution in [0.15, 0.2) is 30.9 Å². The molecule has 0 saturated heterocycles. The number of aliphatic hydroxyl groups is 1. The van der Waals surface area contributed by atoms with Crippen LogP contribution in [0.1, 0.15) is 29.2 Å². The van der Waals surface area contributed by atoms with E-state index in [9.17, 15) is 5.11 Å². The molecule has 13 heavy (non-hydrogen) atoms. The van der Waals surface area contributed by atoms with Crippen LogP contribution in [-0.2, 0) is 0 Å². The lowest BCUT2D eigenvalue weighted by Crippen LogP contribution is -1.98. The molecule has 1 atom stereocenters. The molecule has 0 saturated carbocycles. The van der Waals surface area contributed by atoms with E-state index in [1.807, 2.05) is 26.0 Å². The Morgan fingerprint density at radius 2 is 2.15 bits per heavy atom. The van der Waals surface area contributed by atoms with Gasteiger partial charge in [0.15, 0.2) is 0 Å². The molecular formula is C12H16O. The van der Waals surface area contributed by atoms with Gasteiger partial charge in [0.2, 0.25) is 0 Å². The average molecular weight is 176 g/mol. The van der Waals surface area contributed by atoms with E-state index < -0.39 is 6.10 Å². The number of hydrogen-bond donors (Lipinski definition) is 1. The van der Waals surface area contributed by atoms with Crippen molar-refractivity contribution in [2.75, 3.05) is 0 Å². The van der Waals surface area contributed by atoms with Gasteiger partial charge in [-0.2, -0.15) is 0 Å². The Balaban J connectivity index is 2.97. The van der Waals surface area contributed by atoms with Gasteiger partial charge in [0.1, 0.15) is 0 Å². The summed E-state index contributed by atoms with van der Waals surface area (Å²) in [5.41, 5.74) is 3.34. The van der Waals surface area contributed by atoms with Crippen molar-refractivity contribution < 1.29 is 5.11 Å². The van der Waals surface area contributed by atoms with Crippen molar-refractivity contribution in [3.05, 3.63) is 47.5 Å². The van der Waals surface area contributed by atoms with E-state index in [1.165, 1.54) is 5.56 Å². The predicted octanol–water partition coefficient (Wildman–Crippen LogP) is 2.91. The van der Waals surface area contributed by atoms with E-state index in [0.29, 0.717) is 6.42 Å². The highest BCUT2D eigenvalue weighted by atomic mass is 16.3. The molecule has 1 aromatic rings. The van der Waals surface area contributed by atoms with Crippen LogP contribution in [0.25, 0.3) is 0 Å². The lowest BCUT2D eigenvalue weighted by molar-refractivity contribution is 0.181. The van der Waals surface area contributed by atoms with E-state index in [1.54, 1.807) is 6.08 Å². The second kappa shape index (κ2) is 4.24. The van der Waals surface area contributed by atoms with Gasteiger partial charge in [0.05, 0.1) is 6.10 Å². The summed E-state index contributed by atoms with van der Waals surface area (Å²) in [6, 6.07) is 6.12. The van der Waals surface area contributed by atoms with Gasteiger partial charge in [-0.05, 0) is 31.4 Å². The predicted molar refractivity (Wildman–Crippen MR) is 55.7 cm³/mol. The second-order valence-electron chi connectivity index (χ2n) is 3.40. The number of rotatable bonds is 3. The summed E-state index contributed by atoms with van der Waals surface area (Å²) < 4.78 is 0. The molecule has 0 radical (unpaired) electrons. The lowest BCUT2D eigenvalue weighted by Gasteiger charge is -2.12. The Kier molecular flexibility index (Phi) is 3.26. The van der Waals surface area contributed by atoms with E-state index in [-0.39, 0.29) is 0 Å². The molecule has 0 aliphatic carbocycles. The molecule has 0 unspecified atom stereocenters. The first-order valence-electron chi connectivity index (χ1n) is 4.51. The number of benzene rings is 1. The minimum Gasteiger partial charge on any atom is -0.388 e. The van der Waals surface area contributed by atoms with Crippen molar-refractivity contribution in [1.29, 1.82) is 0 Å². The summed E-state index contributed by atoms with van der Waals surface area (Å²) in [5.74, 6) is 0.